The molecule has 2 rings (SSSR count). The van der Waals surface area contributed by atoms with Crippen LogP contribution in [0.5, 0.6) is 0 Å². The summed E-state index contributed by atoms with van der Waals surface area (Å²) < 4.78 is 0. The molecule has 0 aromatic rings. The number of hydrogen-bond donors (Lipinski definition) is 2. The highest BCUT2D eigenvalue weighted by molar-refractivity contribution is 4.94. The van der Waals surface area contributed by atoms with E-state index in [1.165, 1.54) is 38.8 Å². The fourth-order valence-electron chi connectivity index (χ4n) is 2.98. The Labute approximate surface area is 101 Å². The van der Waals surface area contributed by atoms with Gasteiger partial charge >= 0.3 is 0 Å². The Morgan fingerprint density at radius 3 is 1.38 bits per heavy atom. The highest BCUT2D eigenvalue weighted by atomic mass is 15.0. The number of hydrogen-bond acceptors (Lipinski definition) is 2. The maximum Gasteiger partial charge on any atom is 0.0221 e. The Kier molecular flexibility index (Phi) is 3.33. The van der Waals surface area contributed by atoms with E-state index in [9.17, 15) is 0 Å². The fraction of sp³-hybridized carbons (Fsp3) is 1.00. The van der Waals surface area contributed by atoms with Crippen molar-refractivity contribution in [1.29, 1.82) is 0 Å². The van der Waals surface area contributed by atoms with Crippen LogP contribution < -0.4 is 10.6 Å². The lowest BCUT2D eigenvalue weighted by Gasteiger charge is -2.43. The molecule has 0 aromatic heterocycles. The molecule has 2 heteroatoms. The molecule has 2 atom stereocenters. The Morgan fingerprint density at radius 2 is 1.12 bits per heavy atom. The van der Waals surface area contributed by atoms with Gasteiger partial charge in [0.1, 0.15) is 0 Å². The summed E-state index contributed by atoms with van der Waals surface area (Å²) in [6.07, 6.45) is 5.41. The molecule has 2 aliphatic rings. The molecule has 2 N–H and O–H groups in total. The van der Waals surface area contributed by atoms with Crippen molar-refractivity contribution >= 4 is 0 Å². The highest BCUT2D eigenvalue weighted by Gasteiger charge is 2.34. The average Bonchev–Trinajstić information content (AvgIpc) is 2.19. The van der Waals surface area contributed by atoms with E-state index >= 15 is 0 Å². The number of rotatable bonds is 1. The van der Waals surface area contributed by atoms with Crippen LogP contribution in [-0.4, -0.2) is 25.2 Å². The first-order chi connectivity index (χ1) is 7.38. The molecule has 2 fully saturated rings. The first-order valence-corrected chi connectivity index (χ1v) is 6.85. The lowest BCUT2D eigenvalue weighted by atomic mass is 9.76. The van der Waals surface area contributed by atoms with Crippen LogP contribution in [-0.2, 0) is 0 Å². The van der Waals surface area contributed by atoms with Crippen molar-refractivity contribution in [3.05, 3.63) is 0 Å². The minimum absolute atomic E-state index is 0.504. The maximum atomic E-state index is 3.74. The first kappa shape index (κ1) is 12.4. The smallest absolute Gasteiger partial charge is 0.0221 e. The van der Waals surface area contributed by atoms with E-state index in [1.807, 2.05) is 0 Å². The van der Waals surface area contributed by atoms with Crippen LogP contribution in [0.3, 0.4) is 0 Å². The molecule has 0 spiro atoms. The van der Waals surface area contributed by atoms with Gasteiger partial charge in [-0.15, -0.1) is 0 Å². The molecule has 2 unspecified atom stereocenters. The van der Waals surface area contributed by atoms with Crippen LogP contribution in [0, 0.1) is 10.8 Å². The Hall–Kier alpha value is -0.0800. The van der Waals surface area contributed by atoms with Gasteiger partial charge in [-0.25, -0.2) is 0 Å². The van der Waals surface area contributed by atoms with Crippen molar-refractivity contribution in [3.8, 4) is 0 Å². The van der Waals surface area contributed by atoms with Crippen LogP contribution in [0.25, 0.3) is 0 Å². The summed E-state index contributed by atoms with van der Waals surface area (Å²) in [7, 11) is 0. The summed E-state index contributed by atoms with van der Waals surface area (Å²) in [4.78, 5) is 0. The van der Waals surface area contributed by atoms with Gasteiger partial charge in [0.15, 0.2) is 0 Å². The second-order valence-electron chi connectivity index (χ2n) is 7.38. The molecule has 2 nitrogen and oxygen atoms in total. The molecule has 94 valence electrons. The molecule has 0 aliphatic carbocycles. The van der Waals surface area contributed by atoms with Crippen LogP contribution in [0.15, 0.2) is 0 Å². The van der Waals surface area contributed by atoms with E-state index in [0.29, 0.717) is 22.9 Å². The quantitative estimate of drug-likeness (QED) is 0.715. The minimum atomic E-state index is 0.504. The summed E-state index contributed by atoms with van der Waals surface area (Å²) in [5, 5.41) is 7.49. The SMILES string of the molecule is CC1(C)CCC(C2CCC(C)(C)CN2)NC1. The predicted octanol–water partition coefficient (Wildman–Crippen LogP) is 2.54. The third-order valence-corrected chi connectivity index (χ3v) is 4.44. The van der Waals surface area contributed by atoms with Gasteiger partial charge in [-0.1, -0.05) is 27.7 Å². The molecule has 0 amide bonds. The summed E-state index contributed by atoms with van der Waals surface area (Å²) >= 11 is 0. The first-order valence-electron chi connectivity index (χ1n) is 6.85. The van der Waals surface area contributed by atoms with Crippen molar-refractivity contribution in [2.75, 3.05) is 13.1 Å². The van der Waals surface area contributed by atoms with Crippen molar-refractivity contribution < 1.29 is 0 Å². The van der Waals surface area contributed by atoms with Crippen molar-refractivity contribution in [2.24, 2.45) is 10.8 Å². The third-order valence-electron chi connectivity index (χ3n) is 4.44. The number of piperidine rings is 2. The topological polar surface area (TPSA) is 24.1 Å². The zero-order chi connectivity index (χ0) is 11.8. The fourth-order valence-corrected chi connectivity index (χ4v) is 2.98. The van der Waals surface area contributed by atoms with Gasteiger partial charge in [0.2, 0.25) is 0 Å². The van der Waals surface area contributed by atoms with Gasteiger partial charge in [-0.3, -0.25) is 0 Å². The van der Waals surface area contributed by atoms with E-state index in [4.69, 9.17) is 0 Å². The van der Waals surface area contributed by atoms with Gasteiger partial charge in [0.25, 0.3) is 0 Å². The summed E-state index contributed by atoms with van der Waals surface area (Å²) in [6, 6.07) is 1.42. The zero-order valence-electron chi connectivity index (χ0n) is 11.4. The second kappa shape index (κ2) is 4.30. The molecule has 16 heavy (non-hydrogen) atoms. The van der Waals surface area contributed by atoms with Gasteiger partial charge in [0, 0.05) is 25.2 Å². The highest BCUT2D eigenvalue weighted by Crippen LogP contribution is 2.32. The number of nitrogens with one attached hydrogen (secondary N) is 2. The van der Waals surface area contributed by atoms with E-state index < -0.39 is 0 Å². The van der Waals surface area contributed by atoms with E-state index in [2.05, 4.69) is 38.3 Å². The standard InChI is InChI=1S/C14H28N2/c1-13(2)7-5-11(15-9-13)12-6-8-14(3,4)10-16-12/h11-12,15-16H,5-10H2,1-4H3. The molecular weight excluding hydrogens is 196 g/mol. The van der Waals surface area contributed by atoms with Crippen LogP contribution >= 0.6 is 0 Å². The zero-order valence-corrected chi connectivity index (χ0v) is 11.4. The minimum Gasteiger partial charge on any atom is -0.312 e. The van der Waals surface area contributed by atoms with Gasteiger partial charge < -0.3 is 10.6 Å². The maximum absolute atomic E-state index is 3.74. The van der Waals surface area contributed by atoms with E-state index in [0.717, 1.165) is 0 Å². The molecule has 2 saturated heterocycles. The van der Waals surface area contributed by atoms with Crippen LogP contribution in [0.4, 0.5) is 0 Å². The van der Waals surface area contributed by atoms with E-state index in [1.54, 1.807) is 0 Å². The summed E-state index contributed by atoms with van der Waals surface area (Å²) in [5.74, 6) is 0. The van der Waals surface area contributed by atoms with Gasteiger partial charge in [0.05, 0.1) is 0 Å². The molecular formula is C14H28N2. The Balaban J connectivity index is 1.82. The lowest BCUT2D eigenvalue weighted by molar-refractivity contribution is 0.148. The van der Waals surface area contributed by atoms with Crippen molar-refractivity contribution in [1.82, 2.24) is 10.6 Å². The van der Waals surface area contributed by atoms with Crippen molar-refractivity contribution in [2.45, 2.75) is 65.5 Å². The average molecular weight is 224 g/mol. The largest absolute Gasteiger partial charge is 0.312 e. The molecule has 2 aliphatic heterocycles. The molecule has 0 bridgehead atoms. The summed E-state index contributed by atoms with van der Waals surface area (Å²) in [5.41, 5.74) is 1.01. The monoisotopic (exact) mass is 224 g/mol. The van der Waals surface area contributed by atoms with E-state index in [-0.39, 0.29) is 0 Å². The van der Waals surface area contributed by atoms with Gasteiger partial charge in [-0.05, 0) is 36.5 Å². The van der Waals surface area contributed by atoms with Crippen molar-refractivity contribution in [3.63, 3.8) is 0 Å². The Bertz CT molecular complexity index is 199. The second-order valence-corrected chi connectivity index (χ2v) is 7.38. The van der Waals surface area contributed by atoms with Crippen LogP contribution in [0.1, 0.15) is 53.4 Å². The predicted molar refractivity (Wildman–Crippen MR) is 69.6 cm³/mol. The summed E-state index contributed by atoms with van der Waals surface area (Å²) in [6.45, 7) is 11.8. The third kappa shape index (κ3) is 2.98. The molecule has 0 radical (unpaired) electrons. The normalized spacial score (nSPS) is 38.2. The Morgan fingerprint density at radius 1 is 0.750 bits per heavy atom. The molecule has 0 aromatic carbocycles. The lowest BCUT2D eigenvalue weighted by Crippen LogP contribution is -2.57. The van der Waals surface area contributed by atoms with Gasteiger partial charge in [-0.2, -0.15) is 0 Å². The van der Waals surface area contributed by atoms with Crippen LogP contribution in [0.2, 0.25) is 0 Å². The molecule has 2 heterocycles. The molecule has 0 saturated carbocycles.